The standard InChI is InChI=1S/C22H24O12/c1-31-9-5-12-15(13(6-9)33-22-20(30)18(28)16(26)14(7-23)34-22)17(27)19(29)21(32-12)8-2-3-10(24)11(25)4-8/h2-6,14,16,18-26,28-30H,7H2,1H3/t14-,16-,18+,19+,20+,21+,22+/m0/s1. The molecule has 2 aliphatic heterocycles. The fraction of sp³-hybridized carbons (Fsp3) is 0.409. The maximum absolute atomic E-state index is 13.1. The third-order valence-corrected chi connectivity index (χ3v) is 5.75. The van der Waals surface area contributed by atoms with E-state index in [2.05, 4.69) is 0 Å². The van der Waals surface area contributed by atoms with Crippen LogP contribution in [0.15, 0.2) is 30.3 Å². The number of phenolic OH excluding ortho intramolecular Hbond substituents is 2. The first-order chi connectivity index (χ1) is 16.2. The fourth-order valence-electron chi connectivity index (χ4n) is 3.86. The molecule has 2 aromatic rings. The van der Waals surface area contributed by atoms with E-state index in [9.17, 15) is 40.5 Å². The lowest BCUT2D eigenvalue weighted by Crippen LogP contribution is -2.60. The van der Waals surface area contributed by atoms with Gasteiger partial charge in [-0.1, -0.05) is 6.07 Å². The highest BCUT2D eigenvalue weighted by atomic mass is 16.7. The Morgan fingerprint density at radius 2 is 1.71 bits per heavy atom. The highest BCUT2D eigenvalue weighted by Crippen LogP contribution is 2.44. The number of Topliss-reactive ketones (excluding diaryl/α,β-unsaturated/α-hetero) is 1. The summed E-state index contributed by atoms with van der Waals surface area (Å²) in [7, 11) is 1.34. The van der Waals surface area contributed by atoms with Gasteiger partial charge >= 0.3 is 0 Å². The molecule has 184 valence electrons. The number of methoxy groups -OCH3 is 1. The summed E-state index contributed by atoms with van der Waals surface area (Å²) in [5.41, 5.74) is 0.00512. The van der Waals surface area contributed by atoms with Crippen LogP contribution in [-0.2, 0) is 4.74 Å². The second kappa shape index (κ2) is 9.25. The summed E-state index contributed by atoms with van der Waals surface area (Å²) in [6, 6.07) is 6.34. The second-order valence-corrected chi connectivity index (χ2v) is 7.91. The number of benzene rings is 2. The summed E-state index contributed by atoms with van der Waals surface area (Å²) in [5.74, 6) is -1.76. The molecule has 2 aliphatic rings. The molecule has 4 rings (SSSR count). The minimum atomic E-state index is -1.74. The maximum atomic E-state index is 13.1. The average molecular weight is 480 g/mol. The number of aliphatic hydroxyl groups excluding tert-OH is 5. The molecule has 0 unspecified atom stereocenters. The molecule has 12 nitrogen and oxygen atoms in total. The number of fused-ring (bicyclic) bond motifs is 1. The number of hydrogen-bond acceptors (Lipinski definition) is 12. The topological polar surface area (TPSA) is 196 Å². The van der Waals surface area contributed by atoms with E-state index in [1.54, 1.807) is 0 Å². The predicted molar refractivity (Wildman–Crippen MR) is 111 cm³/mol. The van der Waals surface area contributed by atoms with Crippen LogP contribution in [0.2, 0.25) is 0 Å². The number of ketones is 1. The van der Waals surface area contributed by atoms with E-state index in [1.807, 2.05) is 0 Å². The second-order valence-electron chi connectivity index (χ2n) is 7.91. The van der Waals surface area contributed by atoms with Crippen LogP contribution < -0.4 is 14.2 Å². The minimum absolute atomic E-state index is 0.0493. The first kappa shape index (κ1) is 24.0. The molecule has 0 aromatic heterocycles. The molecule has 2 heterocycles. The Bertz CT molecular complexity index is 1070. The number of carbonyl (C=O) groups excluding carboxylic acids is 1. The van der Waals surface area contributed by atoms with Gasteiger partial charge < -0.3 is 54.7 Å². The molecule has 7 atom stereocenters. The number of aromatic hydroxyl groups is 2. The molecular weight excluding hydrogens is 456 g/mol. The van der Waals surface area contributed by atoms with Crippen molar-refractivity contribution in [3.8, 4) is 28.7 Å². The van der Waals surface area contributed by atoms with Crippen molar-refractivity contribution >= 4 is 5.78 Å². The van der Waals surface area contributed by atoms with Crippen LogP contribution in [0.3, 0.4) is 0 Å². The van der Waals surface area contributed by atoms with Gasteiger partial charge in [-0.2, -0.15) is 0 Å². The van der Waals surface area contributed by atoms with Gasteiger partial charge in [-0.05, 0) is 17.7 Å². The molecule has 34 heavy (non-hydrogen) atoms. The van der Waals surface area contributed by atoms with Crippen molar-refractivity contribution < 1.29 is 59.5 Å². The van der Waals surface area contributed by atoms with Gasteiger partial charge in [0.25, 0.3) is 0 Å². The Morgan fingerprint density at radius 3 is 2.35 bits per heavy atom. The van der Waals surface area contributed by atoms with Gasteiger partial charge in [-0.15, -0.1) is 0 Å². The van der Waals surface area contributed by atoms with Crippen LogP contribution in [0, 0.1) is 0 Å². The molecule has 2 aromatic carbocycles. The summed E-state index contributed by atoms with van der Waals surface area (Å²) in [4.78, 5) is 13.1. The monoisotopic (exact) mass is 480 g/mol. The molecule has 0 spiro atoms. The van der Waals surface area contributed by atoms with E-state index < -0.39 is 66.8 Å². The van der Waals surface area contributed by atoms with Crippen LogP contribution in [0.1, 0.15) is 22.0 Å². The van der Waals surface area contributed by atoms with Crippen molar-refractivity contribution in [2.45, 2.75) is 42.9 Å². The minimum Gasteiger partial charge on any atom is -0.504 e. The zero-order valence-corrected chi connectivity index (χ0v) is 17.8. The summed E-state index contributed by atoms with van der Waals surface area (Å²) in [6.07, 6.45) is -10.9. The quantitative estimate of drug-likeness (QED) is 0.257. The number of rotatable bonds is 5. The average Bonchev–Trinajstić information content (AvgIpc) is 2.83. The van der Waals surface area contributed by atoms with Gasteiger partial charge in [-0.3, -0.25) is 4.79 Å². The van der Waals surface area contributed by atoms with Crippen molar-refractivity contribution in [2.75, 3.05) is 13.7 Å². The maximum Gasteiger partial charge on any atom is 0.229 e. The molecule has 0 bridgehead atoms. The van der Waals surface area contributed by atoms with Crippen molar-refractivity contribution in [3.63, 3.8) is 0 Å². The summed E-state index contributed by atoms with van der Waals surface area (Å²) in [6.45, 7) is -0.678. The zero-order chi connectivity index (χ0) is 24.7. The molecule has 0 radical (unpaired) electrons. The fourth-order valence-corrected chi connectivity index (χ4v) is 3.86. The van der Waals surface area contributed by atoms with Crippen molar-refractivity contribution in [1.29, 1.82) is 0 Å². The first-order valence-corrected chi connectivity index (χ1v) is 10.3. The molecule has 12 heteroatoms. The smallest absolute Gasteiger partial charge is 0.229 e. The third-order valence-electron chi connectivity index (χ3n) is 5.75. The van der Waals surface area contributed by atoms with Crippen molar-refractivity contribution in [2.24, 2.45) is 0 Å². The van der Waals surface area contributed by atoms with E-state index in [1.165, 1.54) is 31.4 Å². The number of ether oxygens (including phenoxy) is 4. The molecule has 0 amide bonds. The molecule has 1 fully saturated rings. The van der Waals surface area contributed by atoms with Crippen LogP contribution in [0.5, 0.6) is 28.7 Å². The summed E-state index contributed by atoms with van der Waals surface area (Å²) < 4.78 is 22.0. The lowest BCUT2D eigenvalue weighted by molar-refractivity contribution is -0.277. The van der Waals surface area contributed by atoms with E-state index in [0.29, 0.717) is 0 Å². The van der Waals surface area contributed by atoms with Gasteiger partial charge in [-0.25, -0.2) is 0 Å². The third kappa shape index (κ3) is 4.11. The first-order valence-electron chi connectivity index (χ1n) is 10.3. The Balaban J connectivity index is 1.71. The summed E-state index contributed by atoms with van der Waals surface area (Å²) in [5, 5.41) is 69.6. The Hall–Kier alpha value is -3.13. The predicted octanol–water partition coefficient (Wildman–Crippen LogP) is -1.04. The van der Waals surface area contributed by atoms with Gasteiger partial charge in [0, 0.05) is 12.1 Å². The van der Waals surface area contributed by atoms with Gasteiger partial charge in [0.05, 0.1) is 13.7 Å². The zero-order valence-electron chi connectivity index (χ0n) is 17.8. The Kier molecular flexibility index (Phi) is 6.53. The van der Waals surface area contributed by atoms with Gasteiger partial charge in [0.15, 0.2) is 23.7 Å². The van der Waals surface area contributed by atoms with E-state index in [0.717, 1.165) is 6.07 Å². The van der Waals surface area contributed by atoms with Crippen LogP contribution >= 0.6 is 0 Å². The molecule has 0 aliphatic carbocycles. The van der Waals surface area contributed by atoms with Crippen molar-refractivity contribution in [1.82, 2.24) is 0 Å². The highest BCUT2D eigenvalue weighted by Gasteiger charge is 2.46. The Morgan fingerprint density at radius 1 is 0.971 bits per heavy atom. The number of phenols is 2. The number of carbonyl (C=O) groups is 1. The molecular formula is C22H24O12. The summed E-state index contributed by atoms with van der Waals surface area (Å²) >= 11 is 0. The Labute approximate surface area is 192 Å². The lowest BCUT2D eigenvalue weighted by atomic mass is 9.92. The number of aliphatic hydroxyl groups is 5. The van der Waals surface area contributed by atoms with E-state index >= 15 is 0 Å². The largest absolute Gasteiger partial charge is 0.504 e. The molecule has 1 saturated heterocycles. The SMILES string of the molecule is COc1cc(O[C@@H]2O[C@@H](CO)[C@H](O)[C@@H](O)[C@H]2O)c2c(c1)O[C@H](c1ccc(O)c(O)c1)[C@H](O)C2=O. The van der Waals surface area contributed by atoms with Crippen LogP contribution in [0.4, 0.5) is 0 Å². The van der Waals surface area contributed by atoms with Crippen LogP contribution in [0.25, 0.3) is 0 Å². The number of hydrogen-bond donors (Lipinski definition) is 7. The van der Waals surface area contributed by atoms with E-state index in [-0.39, 0.29) is 28.4 Å². The highest BCUT2D eigenvalue weighted by molar-refractivity contribution is 6.05. The lowest BCUT2D eigenvalue weighted by Gasteiger charge is -2.40. The van der Waals surface area contributed by atoms with Crippen LogP contribution in [-0.4, -0.2) is 92.1 Å². The van der Waals surface area contributed by atoms with E-state index in [4.69, 9.17) is 18.9 Å². The molecule has 0 saturated carbocycles. The van der Waals surface area contributed by atoms with Crippen molar-refractivity contribution in [3.05, 3.63) is 41.5 Å². The molecule has 7 N–H and O–H groups in total. The van der Waals surface area contributed by atoms with Gasteiger partial charge in [0.2, 0.25) is 12.1 Å². The van der Waals surface area contributed by atoms with Gasteiger partial charge in [0.1, 0.15) is 47.2 Å². The normalized spacial score (nSPS) is 30.9.